The van der Waals surface area contributed by atoms with E-state index in [1.165, 1.54) is 35.7 Å². The first kappa shape index (κ1) is 14.1. The number of carbonyl (C=O) groups is 1. The molecule has 1 amide bonds. The first-order valence-corrected chi connectivity index (χ1v) is 7.71. The van der Waals surface area contributed by atoms with Gasteiger partial charge in [0.2, 0.25) is 0 Å². The van der Waals surface area contributed by atoms with Crippen molar-refractivity contribution in [3.05, 3.63) is 44.9 Å². The molecule has 2 heterocycles. The van der Waals surface area contributed by atoms with Crippen molar-refractivity contribution in [2.24, 2.45) is 0 Å². The highest BCUT2D eigenvalue weighted by Gasteiger charge is 2.18. The summed E-state index contributed by atoms with van der Waals surface area (Å²) in [5.74, 6) is -0.714. The van der Waals surface area contributed by atoms with Crippen molar-refractivity contribution in [2.45, 2.75) is 0 Å². The highest BCUT2D eigenvalue weighted by Crippen LogP contribution is 2.31. The molecule has 0 saturated carbocycles. The molecule has 1 aromatic carbocycles. The number of amides is 1. The number of fused-ring (bicyclic) bond motifs is 1. The molecule has 0 fully saturated rings. The van der Waals surface area contributed by atoms with E-state index in [4.69, 9.17) is 5.73 Å². The molecule has 3 N–H and O–H groups in total. The van der Waals surface area contributed by atoms with E-state index in [0.29, 0.717) is 30.2 Å². The standard InChI is InChI=1S/C13H8FIN4OS/c14-6-1-2-8(7(15)5-6)19-12(20)11-9(16)10-13(21-11)18-4-3-17-10/h1-5H,16H2,(H,19,20). The van der Waals surface area contributed by atoms with Gasteiger partial charge in [0.15, 0.2) is 0 Å². The summed E-state index contributed by atoms with van der Waals surface area (Å²) in [4.78, 5) is 21.5. The second-order valence-corrected chi connectivity index (χ2v) is 6.29. The van der Waals surface area contributed by atoms with Crippen molar-refractivity contribution >= 4 is 61.6 Å². The van der Waals surface area contributed by atoms with Crippen molar-refractivity contribution in [2.75, 3.05) is 11.1 Å². The molecule has 3 rings (SSSR count). The van der Waals surface area contributed by atoms with Crippen LogP contribution in [0.1, 0.15) is 9.67 Å². The molecule has 0 spiro atoms. The van der Waals surface area contributed by atoms with Gasteiger partial charge in [0, 0.05) is 16.0 Å². The number of rotatable bonds is 2. The summed E-state index contributed by atoms with van der Waals surface area (Å²) in [6.07, 6.45) is 3.07. The van der Waals surface area contributed by atoms with Crippen molar-refractivity contribution in [3.8, 4) is 0 Å². The lowest BCUT2D eigenvalue weighted by molar-refractivity contribution is 0.103. The zero-order valence-electron chi connectivity index (χ0n) is 10.4. The highest BCUT2D eigenvalue weighted by atomic mass is 127. The minimum absolute atomic E-state index is 0.303. The van der Waals surface area contributed by atoms with E-state index >= 15 is 0 Å². The normalized spacial score (nSPS) is 10.8. The third-order valence-electron chi connectivity index (χ3n) is 2.75. The number of hydrogen-bond donors (Lipinski definition) is 2. The van der Waals surface area contributed by atoms with Crippen LogP contribution < -0.4 is 11.1 Å². The lowest BCUT2D eigenvalue weighted by atomic mass is 10.3. The van der Waals surface area contributed by atoms with Crippen LogP contribution in [-0.4, -0.2) is 15.9 Å². The first-order chi connectivity index (χ1) is 10.1. The molecular formula is C13H8FIN4OS. The lowest BCUT2D eigenvalue weighted by Gasteiger charge is -2.06. The van der Waals surface area contributed by atoms with Crippen LogP contribution in [0.15, 0.2) is 30.6 Å². The summed E-state index contributed by atoms with van der Waals surface area (Å²) in [7, 11) is 0. The molecule has 106 valence electrons. The van der Waals surface area contributed by atoms with E-state index in [0.717, 1.165) is 0 Å². The lowest BCUT2D eigenvalue weighted by Crippen LogP contribution is -2.13. The fourth-order valence-corrected chi connectivity index (χ4v) is 3.31. The maximum absolute atomic E-state index is 13.1. The SMILES string of the molecule is Nc1c(C(=O)Nc2ccc(F)cc2I)sc2nccnc12. The van der Waals surface area contributed by atoms with E-state index in [2.05, 4.69) is 15.3 Å². The van der Waals surface area contributed by atoms with Crippen LogP contribution in [-0.2, 0) is 0 Å². The van der Waals surface area contributed by atoms with Gasteiger partial charge in [-0.2, -0.15) is 0 Å². The number of anilines is 2. The fraction of sp³-hybridized carbons (Fsp3) is 0. The van der Waals surface area contributed by atoms with Gasteiger partial charge in [-0.1, -0.05) is 0 Å². The Morgan fingerprint density at radius 3 is 2.81 bits per heavy atom. The predicted octanol–water partition coefficient (Wildman–Crippen LogP) is 3.27. The summed E-state index contributed by atoms with van der Waals surface area (Å²) in [6.45, 7) is 0. The molecule has 0 aliphatic heterocycles. The van der Waals surface area contributed by atoms with E-state index in [-0.39, 0.29) is 11.7 Å². The van der Waals surface area contributed by atoms with E-state index < -0.39 is 0 Å². The molecule has 21 heavy (non-hydrogen) atoms. The van der Waals surface area contributed by atoms with Gasteiger partial charge in [-0.3, -0.25) is 4.79 Å². The Bertz CT molecular complexity index is 851. The summed E-state index contributed by atoms with van der Waals surface area (Å²) >= 11 is 3.13. The fourth-order valence-electron chi connectivity index (χ4n) is 1.78. The minimum Gasteiger partial charge on any atom is -0.396 e. The number of nitrogen functional groups attached to an aromatic ring is 1. The molecule has 8 heteroatoms. The highest BCUT2D eigenvalue weighted by molar-refractivity contribution is 14.1. The zero-order valence-corrected chi connectivity index (χ0v) is 13.4. The Morgan fingerprint density at radius 1 is 1.33 bits per heavy atom. The molecule has 5 nitrogen and oxygen atoms in total. The van der Waals surface area contributed by atoms with Crippen LogP contribution in [0.3, 0.4) is 0 Å². The van der Waals surface area contributed by atoms with Gasteiger partial charge in [-0.15, -0.1) is 11.3 Å². The van der Waals surface area contributed by atoms with Crippen LogP contribution in [0, 0.1) is 9.39 Å². The van der Waals surface area contributed by atoms with Crippen LogP contribution >= 0.6 is 33.9 Å². The van der Waals surface area contributed by atoms with Crippen molar-refractivity contribution < 1.29 is 9.18 Å². The smallest absolute Gasteiger partial charge is 0.268 e. The molecule has 0 saturated heterocycles. The minimum atomic E-state index is -0.359. The van der Waals surface area contributed by atoms with E-state index in [1.807, 2.05) is 22.6 Å². The summed E-state index contributed by atoms with van der Waals surface area (Å²) in [5, 5.41) is 2.72. The number of benzene rings is 1. The average molecular weight is 414 g/mol. The maximum Gasteiger partial charge on any atom is 0.268 e. The second-order valence-electron chi connectivity index (χ2n) is 4.13. The molecule has 0 atom stereocenters. The maximum atomic E-state index is 13.1. The van der Waals surface area contributed by atoms with Crippen LogP contribution in [0.25, 0.3) is 10.3 Å². The van der Waals surface area contributed by atoms with Gasteiger partial charge < -0.3 is 11.1 Å². The molecule has 0 unspecified atom stereocenters. The third kappa shape index (κ3) is 2.68. The quantitative estimate of drug-likeness (QED) is 0.631. The number of carbonyl (C=O) groups excluding carboxylic acids is 1. The Balaban J connectivity index is 1.95. The number of nitrogens with zero attached hydrogens (tertiary/aromatic N) is 2. The number of halogens is 2. The molecule has 0 aliphatic carbocycles. The summed E-state index contributed by atoms with van der Waals surface area (Å²) < 4.78 is 13.7. The van der Waals surface area contributed by atoms with Crippen molar-refractivity contribution in [1.82, 2.24) is 9.97 Å². The largest absolute Gasteiger partial charge is 0.396 e. The Hall–Kier alpha value is -1.81. The first-order valence-electron chi connectivity index (χ1n) is 5.81. The van der Waals surface area contributed by atoms with Gasteiger partial charge in [0.05, 0.1) is 11.4 Å². The summed E-state index contributed by atoms with van der Waals surface area (Å²) in [6, 6.07) is 4.14. The molecular weight excluding hydrogens is 406 g/mol. The predicted molar refractivity (Wildman–Crippen MR) is 88.9 cm³/mol. The average Bonchev–Trinajstić information content (AvgIpc) is 2.80. The third-order valence-corrected chi connectivity index (χ3v) is 4.74. The van der Waals surface area contributed by atoms with Gasteiger partial charge in [0.1, 0.15) is 21.0 Å². The Labute approximate surface area is 136 Å². The van der Waals surface area contributed by atoms with Gasteiger partial charge in [0.25, 0.3) is 5.91 Å². The monoisotopic (exact) mass is 414 g/mol. The second kappa shape index (κ2) is 5.53. The number of nitrogens with two attached hydrogens (primary N) is 1. The molecule has 2 aromatic heterocycles. The molecule has 0 bridgehead atoms. The number of nitrogens with one attached hydrogen (secondary N) is 1. The number of aromatic nitrogens is 2. The summed E-state index contributed by atoms with van der Waals surface area (Å²) in [5.41, 5.74) is 7.29. The Kier molecular flexibility index (Phi) is 3.72. The van der Waals surface area contributed by atoms with Gasteiger partial charge >= 0.3 is 0 Å². The van der Waals surface area contributed by atoms with Gasteiger partial charge in [-0.25, -0.2) is 14.4 Å². The van der Waals surface area contributed by atoms with E-state index in [1.54, 1.807) is 6.20 Å². The van der Waals surface area contributed by atoms with Gasteiger partial charge in [-0.05, 0) is 40.8 Å². The van der Waals surface area contributed by atoms with Crippen LogP contribution in [0.2, 0.25) is 0 Å². The van der Waals surface area contributed by atoms with Crippen LogP contribution in [0.4, 0.5) is 15.8 Å². The topological polar surface area (TPSA) is 80.9 Å². The van der Waals surface area contributed by atoms with Crippen molar-refractivity contribution in [1.29, 1.82) is 0 Å². The number of thiophene rings is 1. The molecule has 0 aliphatic rings. The van der Waals surface area contributed by atoms with Crippen molar-refractivity contribution in [3.63, 3.8) is 0 Å². The zero-order chi connectivity index (χ0) is 15.0. The molecule has 3 aromatic rings. The number of hydrogen-bond acceptors (Lipinski definition) is 5. The Morgan fingerprint density at radius 2 is 2.10 bits per heavy atom. The van der Waals surface area contributed by atoms with Crippen LogP contribution in [0.5, 0.6) is 0 Å². The van der Waals surface area contributed by atoms with E-state index in [9.17, 15) is 9.18 Å². The molecule has 0 radical (unpaired) electrons.